The lowest BCUT2D eigenvalue weighted by Crippen LogP contribution is -1.98. The maximum Gasteiger partial charge on any atom is 0.114 e. The van der Waals surface area contributed by atoms with E-state index in [4.69, 9.17) is 10.2 Å². The molecule has 0 spiro atoms. The quantitative estimate of drug-likeness (QED) is 0.183. The minimum absolute atomic E-state index is 0.853. The van der Waals surface area contributed by atoms with Crippen molar-refractivity contribution in [1.82, 2.24) is 20.0 Å². The fraction of sp³-hybridized carbons (Fsp3) is 0. The molecule has 0 atom stereocenters. The molecule has 10 aromatic rings. The van der Waals surface area contributed by atoms with Gasteiger partial charge in [-0.1, -0.05) is 127 Å². The van der Waals surface area contributed by atoms with Gasteiger partial charge in [-0.05, 0) is 95.9 Å². The summed E-state index contributed by atoms with van der Waals surface area (Å²) in [5.74, 6) is 0. The first kappa shape index (κ1) is 27.5. The summed E-state index contributed by atoms with van der Waals surface area (Å²) in [5, 5.41) is 19.5. The Balaban J connectivity index is 1.09. The van der Waals surface area contributed by atoms with Crippen molar-refractivity contribution in [1.29, 1.82) is 0 Å². The molecule has 0 radical (unpaired) electrons. The van der Waals surface area contributed by atoms with Gasteiger partial charge in [0.2, 0.25) is 0 Å². The molecule has 0 saturated heterocycles. The summed E-state index contributed by atoms with van der Waals surface area (Å²) in [5.41, 5.74) is 9.64. The smallest absolute Gasteiger partial charge is 0.114 e. The van der Waals surface area contributed by atoms with Gasteiger partial charge in [-0.2, -0.15) is 4.80 Å². The van der Waals surface area contributed by atoms with Crippen molar-refractivity contribution in [3.63, 3.8) is 0 Å². The molecular formula is C45H28N4. The van der Waals surface area contributed by atoms with E-state index in [1.165, 1.54) is 54.4 Å². The second kappa shape index (κ2) is 11.0. The average molecular weight is 625 g/mol. The van der Waals surface area contributed by atoms with Crippen LogP contribution in [0.2, 0.25) is 0 Å². The zero-order valence-electron chi connectivity index (χ0n) is 26.5. The number of pyridine rings is 1. The lowest BCUT2D eigenvalue weighted by molar-refractivity contribution is 0.766. The number of fused-ring (bicyclic) bond motifs is 5. The van der Waals surface area contributed by atoms with Crippen LogP contribution in [0.25, 0.3) is 93.2 Å². The maximum atomic E-state index is 4.97. The Morgan fingerprint density at radius 2 is 0.898 bits per heavy atom. The van der Waals surface area contributed by atoms with E-state index in [-0.39, 0.29) is 0 Å². The maximum absolute atomic E-state index is 4.97. The van der Waals surface area contributed by atoms with E-state index in [1.54, 1.807) is 4.80 Å². The van der Waals surface area contributed by atoms with Crippen LogP contribution in [0.5, 0.6) is 0 Å². The number of aromatic nitrogens is 4. The van der Waals surface area contributed by atoms with Crippen LogP contribution in [0.4, 0.5) is 0 Å². The van der Waals surface area contributed by atoms with Crippen molar-refractivity contribution in [2.24, 2.45) is 0 Å². The van der Waals surface area contributed by atoms with Crippen LogP contribution in [0.1, 0.15) is 0 Å². The minimum Gasteiger partial charge on any atom is -0.263 e. The second-order valence-electron chi connectivity index (χ2n) is 12.6. The molecule has 228 valence electrons. The van der Waals surface area contributed by atoms with Crippen LogP contribution < -0.4 is 0 Å². The normalized spacial score (nSPS) is 11.7. The summed E-state index contributed by atoms with van der Waals surface area (Å²) in [6.45, 7) is 0. The van der Waals surface area contributed by atoms with Crippen molar-refractivity contribution in [3.05, 3.63) is 170 Å². The van der Waals surface area contributed by atoms with E-state index in [0.29, 0.717) is 0 Å². The summed E-state index contributed by atoms with van der Waals surface area (Å²) in [6, 6.07) is 56.1. The Morgan fingerprint density at radius 3 is 1.59 bits per heavy atom. The zero-order valence-corrected chi connectivity index (χ0v) is 26.5. The zero-order chi connectivity index (χ0) is 32.3. The van der Waals surface area contributed by atoms with Gasteiger partial charge in [0.1, 0.15) is 11.0 Å². The summed E-state index contributed by atoms with van der Waals surface area (Å²) in [6.07, 6.45) is 3.84. The van der Waals surface area contributed by atoms with Crippen molar-refractivity contribution in [2.45, 2.75) is 0 Å². The molecule has 0 unspecified atom stereocenters. The molecule has 0 bridgehead atoms. The molecule has 0 aliphatic rings. The summed E-state index contributed by atoms with van der Waals surface area (Å²) in [4.78, 5) is 6.21. The standard InChI is InChI=1S/C45H28N4/c1-2-10-31-25-32(18-17-29(31)9-1)44-37-13-5-7-15-39(37)45(40-16-8-6-14-38(40)44)33-21-24-42-43(26-33)48-49(47-42)35-22-19-30(20-23-35)41-28-46-27-34-11-3-4-12-36(34)41/h1-28H. The Kier molecular flexibility index (Phi) is 6.15. The third-order valence-electron chi connectivity index (χ3n) is 9.72. The highest BCUT2D eigenvalue weighted by Crippen LogP contribution is 2.44. The first-order valence-corrected chi connectivity index (χ1v) is 16.5. The van der Waals surface area contributed by atoms with Gasteiger partial charge in [-0.15, -0.1) is 10.2 Å². The third-order valence-corrected chi connectivity index (χ3v) is 9.72. The Hall–Kier alpha value is -6.65. The number of hydrogen-bond donors (Lipinski definition) is 0. The molecule has 0 amide bonds. The lowest BCUT2D eigenvalue weighted by atomic mass is 9.85. The van der Waals surface area contributed by atoms with E-state index in [9.17, 15) is 0 Å². The molecule has 2 aromatic heterocycles. The molecule has 0 aliphatic carbocycles. The van der Waals surface area contributed by atoms with E-state index >= 15 is 0 Å². The van der Waals surface area contributed by atoms with Gasteiger partial charge in [0.05, 0.1) is 5.69 Å². The Morgan fingerprint density at radius 1 is 0.367 bits per heavy atom. The van der Waals surface area contributed by atoms with Crippen LogP contribution in [-0.2, 0) is 0 Å². The molecule has 4 heteroatoms. The Bertz CT molecular complexity index is 2820. The van der Waals surface area contributed by atoms with Gasteiger partial charge >= 0.3 is 0 Å². The summed E-state index contributed by atoms with van der Waals surface area (Å²) >= 11 is 0. The SMILES string of the molecule is c1ccc2cc(-c3c4ccccc4c(-c4ccc5nn(-c6ccc(-c7cncc8ccccc78)cc6)nc5c4)c4ccccc34)ccc2c1. The van der Waals surface area contributed by atoms with Crippen molar-refractivity contribution in [2.75, 3.05) is 0 Å². The fourth-order valence-corrected chi connectivity index (χ4v) is 7.40. The minimum atomic E-state index is 0.853. The van der Waals surface area contributed by atoms with Gasteiger partial charge in [0, 0.05) is 23.3 Å². The van der Waals surface area contributed by atoms with Crippen LogP contribution in [-0.4, -0.2) is 20.0 Å². The van der Waals surface area contributed by atoms with E-state index in [2.05, 4.69) is 157 Å². The molecule has 49 heavy (non-hydrogen) atoms. The fourth-order valence-electron chi connectivity index (χ4n) is 7.40. The van der Waals surface area contributed by atoms with E-state index in [0.717, 1.165) is 38.8 Å². The molecule has 0 aliphatic heterocycles. The molecule has 4 nitrogen and oxygen atoms in total. The van der Waals surface area contributed by atoms with E-state index < -0.39 is 0 Å². The highest BCUT2D eigenvalue weighted by molar-refractivity contribution is 6.22. The van der Waals surface area contributed by atoms with Crippen molar-refractivity contribution in [3.8, 4) is 39.1 Å². The molecule has 0 saturated carbocycles. The van der Waals surface area contributed by atoms with Crippen molar-refractivity contribution >= 4 is 54.1 Å². The number of nitrogens with zero attached hydrogens (tertiary/aromatic N) is 4. The summed E-state index contributed by atoms with van der Waals surface area (Å²) < 4.78 is 0. The molecule has 0 fully saturated rings. The second-order valence-corrected chi connectivity index (χ2v) is 12.6. The highest BCUT2D eigenvalue weighted by Gasteiger charge is 2.18. The van der Waals surface area contributed by atoms with Gasteiger partial charge < -0.3 is 0 Å². The lowest BCUT2D eigenvalue weighted by Gasteiger charge is -2.18. The van der Waals surface area contributed by atoms with Crippen molar-refractivity contribution < 1.29 is 0 Å². The monoisotopic (exact) mass is 624 g/mol. The third kappa shape index (κ3) is 4.49. The topological polar surface area (TPSA) is 43.6 Å². The molecule has 10 rings (SSSR count). The first-order valence-electron chi connectivity index (χ1n) is 16.5. The van der Waals surface area contributed by atoms with Crippen LogP contribution >= 0.6 is 0 Å². The molecule has 2 heterocycles. The molecule has 8 aromatic carbocycles. The van der Waals surface area contributed by atoms with Gasteiger partial charge in [-0.25, -0.2) is 0 Å². The average Bonchev–Trinajstić information content (AvgIpc) is 3.60. The summed E-state index contributed by atoms with van der Waals surface area (Å²) in [7, 11) is 0. The molecule has 0 N–H and O–H groups in total. The van der Waals surface area contributed by atoms with Gasteiger partial charge in [0.25, 0.3) is 0 Å². The predicted molar refractivity (Wildman–Crippen MR) is 203 cm³/mol. The van der Waals surface area contributed by atoms with Crippen LogP contribution in [0.15, 0.2) is 170 Å². The van der Waals surface area contributed by atoms with E-state index in [1.807, 2.05) is 18.5 Å². The van der Waals surface area contributed by atoms with Gasteiger partial charge in [0.15, 0.2) is 0 Å². The number of hydrogen-bond acceptors (Lipinski definition) is 3. The highest BCUT2D eigenvalue weighted by atomic mass is 15.5. The predicted octanol–water partition coefficient (Wildman–Crippen LogP) is 11.4. The van der Waals surface area contributed by atoms with Crippen LogP contribution in [0.3, 0.4) is 0 Å². The first-order chi connectivity index (χ1) is 24.3. The van der Waals surface area contributed by atoms with Crippen LogP contribution in [0, 0.1) is 0 Å². The largest absolute Gasteiger partial charge is 0.263 e. The Labute approximate surface area is 282 Å². The van der Waals surface area contributed by atoms with Gasteiger partial charge in [-0.3, -0.25) is 4.98 Å². The molecular weight excluding hydrogens is 597 g/mol. The number of benzene rings is 8. The number of rotatable bonds is 4.